The molecule has 51 heavy (non-hydrogen) atoms. The van der Waals surface area contributed by atoms with Gasteiger partial charge in [0.05, 0.1) is 33.2 Å². The molecular formula is C44H28B2N4S. The van der Waals surface area contributed by atoms with Crippen molar-refractivity contribution in [3.05, 3.63) is 170 Å². The minimum Gasteiger partial charge on any atom is -0.310 e. The summed E-state index contributed by atoms with van der Waals surface area (Å²) >= 11 is 1.88. The third-order valence-corrected chi connectivity index (χ3v) is 11.9. The first-order valence-electron chi connectivity index (χ1n) is 17.4. The average Bonchev–Trinajstić information content (AvgIpc) is 3.20. The van der Waals surface area contributed by atoms with Crippen molar-refractivity contribution in [1.82, 2.24) is 9.97 Å². The van der Waals surface area contributed by atoms with Gasteiger partial charge in [-0.1, -0.05) is 137 Å². The van der Waals surface area contributed by atoms with Crippen molar-refractivity contribution in [2.24, 2.45) is 0 Å². The van der Waals surface area contributed by atoms with Gasteiger partial charge in [-0.15, -0.1) is 0 Å². The maximum Gasteiger partial charge on any atom is 0.245 e. The molecule has 0 bridgehead atoms. The molecule has 0 N–H and O–H groups in total. The normalized spacial score (nSPS) is 13.6. The van der Waals surface area contributed by atoms with E-state index in [1.54, 1.807) is 0 Å². The Morgan fingerprint density at radius 1 is 0.490 bits per heavy atom. The number of pyridine rings is 2. The lowest BCUT2D eigenvalue weighted by Gasteiger charge is -2.45. The summed E-state index contributed by atoms with van der Waals surface area (Å²) < 4.78 is 0. The van der Waals surface area contributed by atoms with Crippen LogP contribution in [0.15, 0.2) is 180 Å². The monoisotopic (exact) mass is 666 g/mol. The van der Waals surface area contributed by atoms with E-state index in [-0.39, 0.29) is 13.4 Å². The van der Waals surface area contributed by atoms with Gasteiger partial charge in [-0.05, 0) is 59.5 Å². The summed E-state index contributed by atoms with van der Waals surface area (Å²) in [5.41, 5.74) is 16.0. The smallest absolute Gasteiger partial charge is 0.245 e. The van der Waals surface area contributed by atoms with E-state index in [2.05, 4.69) is 160 Å². The predicted octanol–water partition coefficient (Wildman–Crippen LogP) is 6.69. The molecule has 0 amide bonds. The molecule has 5 heterocycles. The first-order valence-corrected chi connectivity index (χ1v) is 18.2. The van der Waals surface area contributed by atoms with Gasteiger partial charge in [-0.3, -0.25) is 9.97 Å². The number of rotatable bonds is 3. The highest BCUT2D eigenvalue weighted by Gasteiger charge is 2.47. The molecule has 6 aromatic carbocycles. The number of nitrogens with zero attached hydrogens (tertiary/aromatic N) is 4. The van der Waals surface area contributed by atoms with Gasteiger partial charge in [0.15, 0.2) is 0 Å². The maximum absolute atomic E-state index is 4.97. The zero-order valence-electron chi connectivity index (χ0n) is 27.5. The lowest BCUT2D eigenvalue weighted by atomic mass is 9.20. The number of para-hydroxylation sites is 3. The number of hydrogen-bond acceptors (Lipinski definition) is 5. The van der Waals surface area contributed by atoms with Crippen LogP contribution in [0.4, 0.5) is 34.1 Å². The van der Waals surface area contributed by atoms with Crippen molar-refractivity contribution in [2.75, 3.05) is 9.80 Å². The van der Waals surface area contributed by atoms with Crippen LogP contribution in [0.3, 0.4) is 0 Å². The van der Waals surface area contributed by atoms with Crippen molar-refractivity contribution in [1.29, 1.82) is 0 Å². The van der Waals surface area contributed by atoms with Gasteiger partial charge < -0.3 is 9.80 Å². The molecule has 3 aliphatic heterocycles. The first kappa shape index (κ1) is 28.8. The van der Waals surface area contributed by atoms with Gasteiger partial charge in [0, 0.05) is 40.2 Å². The topological polar surface area (TPSA) is 32.3 Å². The SMILES string of the molecule is c1ccc(B2c3ccccc3B3c4ccccc4N(c4ccncc4)c4c5c(cc2c43)N(c2cccc3cccnc23)c2ccccc2S5)cc1. The Bertz CT molecular complexity index is 2650. The third-order valence-electron chi connectivity index (χ3n) is 10.7. The first-order chi connectivity index (χ1) is 25.3. The van der Waals surface area contributed by atoms with Gasteiger partial charge >= 0.3 is 0 Å². The zero-order valence-corrected chi connectivity index (χ0v) is 28.3. The van der Waals surface area contributed by atoms with Crippen LogP contribution < -0.4 is 42.6 Å². The Hall–Kier alpha value is -6.04. The summed E-state index contributed by atoms with van der Waals surface area (Å²) in [5.74, 6) is 0. The van der Waals surface area contributed by atoms with E-state index >= 15 is 0 Å². The number of hydrogen-bond donors (Lipinski definition) is 0. The van der Waals surface area contributed by atoms with Crippen LogP contribution >= 0.6 is 11.8 Å². The number of fused-ring (bicyclic) bond motifs is 8. The van der Waals surface area contributed by atoms with Gasteiger partial charge in [0.2, 0.25) is 13.4 Å². The summed E-state index contributed by atoms with van der Waals surface area (Å²) in [6, 6.07) is 55.5. The predicted molar refractivity (Wildman–Crippen MR) is 215 cm³/mol. The molecule has 0 aliphatic carbocycles. The molecule has 0 fully saturated rings. The van der Waals surface area contributed by atoms with E-state index in [0.717, 1.165) is 28.0 Å². The summed E-state index contributed by atoms with van der Waals surface area (Å²) in [6.07, 6.45) is 5.72. The molecule has 0 saturated heterocycles. The second-order valence-electron chi connectivity index (χ2n) is 13.3. The van der Waals surface area contributed by atoms with Gasteiger partial charge in [0.1, 0.15) is 0 Å². The van der Waals surface area contributed by atoms with E-state index in [9.17, 15) is 0 Å². The lowest BCUT2D eigenvalue weighted by Crippen LogP contribution is -2.76. The molecule has 0 saturated carbocycles. The summed E-state index contributed by atoms with van der Waals surface area (Å²) in [7, 11) is 0. The van der Waals surface area contributed by atoms with Crippen LogP contribution in [0, 0.1) is 0 Å². The van der Waals surface area contributed by atoms with E-state index in [1.165, 1.54) is 59.6 Å². The largest absolute Gasteiger partial charge is 0.310 e. The zero-order chi connectivity index (χ0) is 33.5. The summed E-state index contributed by atoms with van der Waals surface area (Å²) in [5, 5.41) is 1.12. The van der Waals surface area contributed by atoms with Crippen LogP contribution in [-0.2, 0) is 0 Å². The summed E-state index contributed by atoms with van der Waals surface area (Å²) in [4.78, 5) is 16.8. The van der Waals surface area contributed by atoms with Gasteiger partial charge in [-0.25, -0.2) is 0 Å². The highest BCUT2D eigenvalue weighted by Crippen LogP contribution is 2.56. The van der Waals surface area contributed by atoms with Crippen molar-refractivity contribution in [2.45, 2.75) is 9.79 Å². The minimum absolute atomic E-state index is 0.0527. The molecule has 3 aliphatic rings. The Morgan fingerprint density at radius 3 is 2.02 bits per heavy atom. The number of aromatic nitrogens is 2. The second-order valence-corrected chi connectivity index (χ2v) is 14.4. The fourth-order valence-corrected chi connectivity index (χ4v) is 9.89. The van der Waals surface area contributed by atoms with E-state index in [0.29, 0.717) is 0 Å². The third kappa shape index (κ3) is 4.19. The molecular weight excluding hydrogens is 638 g/mol. The fourth-order valence-electron chi connectivity index (χ4n) is 8.70. The average molecular weight is 666 g/mol. The molecule has 7 heteroatoms. The van der Waals surface area contributed by atoms with Crippen LogP contribution in [0.5, 0.6) is 0 Å². The highest BCUT2D eigenvalue weighted by molar-refractivity contribution is 8.00. The molecule has 8 aromatic rings. The van der Waals surface area contributed by atoms with Crippen LogP contribution in [0.1, 0.15) is 0 Å². The molecule has 236 valence electrons. The molecule has 2 aromatic heterocycles. The van der Waals surface area contributed by atoms with Crippen molar-refractivity contribution in [3.63, 3.8) is 0 Å². The number of benzene rings is 6. The Kier molecular flexibility index (Phi) is 6.34. The second kappa shape index (κ2) is 11.2. The minimum atomic E-state index is 0.0527. The Balaban J connectivity index is 1.32. The molecule has 11 rings (SSSR count). The van der Waals surface area contributed by atoms with Crippen molar-refractivity contribution in [3.8, 4) is 0 Å². The summed E-state index contributed by atoms with van der Waals surface area (Å²) in [6.45, 7) is 0.133. The fraction of sp³-hybridized carbons (Fsp3) is 0. The van der Waals surface area contributed by atoms with E-state index in [1.807, 2.05) is 36.4 Å². The molecule has 0 radical (unpaired) electrons. The standard InChI is InChI=1S/C44H28B2N4S/c1-2-14-30(15-3-1)45-32-16-4-5-17-33(32)46-34-18-6-7-19-36(34)49(31-23-26-47-27-24-31)43-41(46)35(45)28-39-44(43)51-40-22-9-8-20-37(40)50(39)38-21-10-12-29-13-11-25-48-42(29)38/h1-28H. The number of anilines is 6. The van der Waals surface area contributed by atoms with Crippen LogP contribution in [0.25, 0.3) is 10.9 Å². The van der Waals surface area contributed by atoms with Gasteiger partial charge in [-0.2, -0.15) is 0 Å². The Labute approximate surface area is 301 Å². The van der Waals surface area contributed by atoms with Crippen LogP contribution in [-0.4, -0.2) is 23.4 Å². The van der Waals surface area contributed by atoms with E-state index < -0.39 is 0 Å². The highest BCUT2D eigenvalue weighted by atomic mass is 32.2. The Morgan fingerprint density at radius 2 is 1.18 bits per heavy atom. The molecule has 0 atom stereocenters. The van der Waals surface area contributed by atoms with Crippen molar-refractivity contribution >= 4 is 103 Å². The lowest BCUT2D eigenvalue weighted by molar-refractivity contribution is 1.15. The molecule has 0 unspecified atom stereocenters. The quantitative estimate of drug-likeness (QED) is 0.196. The van der Waals surface area contributed by atoms with Crippen LogP contribution in [0.2, 0.25) is 0 Å². The van der Waals surface area contributed by atoms with Gasteiger partial charge in [0.25, 0.3) is 0 Å². The molecule has 4 nitrogen and oxygen atoms in total. The molecule has 0 spiro atoms. The maximum atomic E-state index is 4.97. The van der Waals surface area contributed by atoms with E-state index in [4.69, 9.17) is 4.98 Å². The van der Waals surface area contributed by atoms with Crippen molar-refractivity contribution < 1.29 is 0 Å².